The number of carboxylic acids is 1. The van der Waals surface area contributed by atoms with Crippen molar-refractivity contribution in [2.75, 3.05) is 6.61 Å². The molecule has 1 aliphatic carbocycles. The highest BCUT2D eigenvalue weighted by Gasteiger charge is 2.44. The molecule has 1 saturated carbocycles. The van der Waals surface area contributed by atoms with E-state index in [9.17, 15) is 14.7 Å². The first kappa shape index (κ1) is 19.0. The van der Waals surface area contributed by atoms with Gasteiger partial charge in [0.25, 0.3) is 5.56 Å². The maximum absolute atomic E-state index is 12.3. The second-order valence-electron chi connectivity index (χ2n) is 7.47. The molecule has 1 fully saturated rings. The fourth-order valence-corrected chi connectivity index (χ4v) is 3.84. The van der Waals surface area contributed by atoms with E-state index < -0.39 is 5.97 Å². The van der Waals surface area contributed by atoms with E-state index in [0.29, 0.717) is 30.2 Å². The van der Waals surface area contributed by atoms with Gasteiger partial charge in [-0.1, -0.05) is 30.3 Å². The van der Waals surface area contributed by atoms with Crippen molar-refractivity contribution in [3.8, 4) is 28.3 Å². The predicted octanol–water partition coefficient (Wildman–Crippen LogP) is 2.96. The van der Waals surface area contributed by atoms with Crippen molar-refractivity contribution in [1.29, 1.82) is 0 Å². The number of rotatable bonds is 6. The summed E-state index contributed by atoms with van der Waals surface area (Å²) in [7, 11) is 0. The summed E-state index contributed by atoms with van der Waals surface area (Å²) in [6.45, 7) is 2.32. The average Bonchev–Trinajstić information content (AvgIpc) is 3.44. The van der Waals surface area contributed by atoms with Crippen LogP contribution in [0.4, 0.5) is 0 Å². The zero-order valence-electron chi connectivity index (χ0n) is 16.6. The number of hydrogen-bond acceptors (Lipinski definition) is 6. The monoisotopic (exact) mass is 417 g/mol. The molecule has 0 unspecified atom stereocenters. The van der Waals surface area contributed by atoms with Gasteiger partial charge in [0.15, 0.2) is 5.52 Å². The molecule has 0 aliphatic heterocycles. The van der Waals surface area contributed by atoms with Gasteiger partial charge in [0, 0.05) is 0 Å². The molecule has 2 heterocycles. The van der Waals surface area contributed by atoms with Gasteiger partial charge in [-0.25, -0.2) is 4.98 Å². The number of aliphatic carboxylic acids is 1. The van der Waals surface area contributed by atoms with Crippen LogP contribution < -0.4 is 10.3 Å². The summed E-state index contributed by atoms with van der Waals surface area (Å²) in [5, 5.41) is 19.3. The average molecular weight is 417 g/mol. The SMILES string of the molecule is CCOc1cc(-c2cccc([C@@H]3C[C@@H]3C(=O)O)c2)ccc1-c1nc2n[nH]nc2c(=O)[nH]1. The Morgan fingerprint density at radius 1 is 1.19 bits per heavy atom. The highest BCUT2D eigenvalue weighted by atomic mass is 16.5. The summed E-state index contributed by atoms with van der Waals surface area (Å²) in [6.07, 6.45) is 0.672. The van der Waals surface area contributed by atoms with Crippen molar-refractivity contribution in [2.45, 2.75) is 19.3 Å². The molecule has 4 aromatic rings. The molecule has 0 amide bonds. The van der Waals surface area contributed by atoms with E-state index in [4.69, 9.17) is 4.74 Å². The van der Waals surface area contributed by atoms with Crippen LogP contribution in [-0.4, -0.2) is 43.1 Å². The van der Waals surface area contributed by atoms with Crippen molar-refractivity contribution in [2.24, 2.45) is 5.92 Å². The van der Waals surface area contributed by atoms with Crippen LogP contribution in [0, 0.1) is 5.92 Å². The molecular weight excluding hydrogens is 398 g/mol. The lowest BCUT2D eigenvalue weighted by Gasteiger charge is -2.12. The molecule has 3 N–H and O–H groups in total. The standard InChI is InChI=1S/C22H19N5O4/c1-2-31-17-9-12(11-4-3-5-13(8-11)15-10-16(15)22(29)30)6-7-14(17)19-23-20-18(21(28)24-19)25-27-26-20/h3-9,15-16H,2,10H2,1H3,(H,29,30)(H2,23,24,25,26,27,28)/t15-,16-/m0/s1. The van der Waals surface area contributed by atoms with Crippen molar-refractivity contribution in [1.82, 2.24) is 25.4 Å². The van der Waals surface area contributed by atoms with Gasteiger partial charge in [-0.05, 0) is 48.1 Å². The third-order valence-electron chi connectivity index (χ3n) is 5.49. The fraction of sp³-hybridized carbons (Fsp3) is 0.227. The number of benzene rings is 2. The van der Waals surface area contributed by atoms with E-state index in [-0.39, 0.29) is 28.6 Å². The van der Waals surface area contributed by atoms with Crippen LogP contribution in [0.15, 0.2) is 47.3 Å². The second kappa shape index (κ2) is 7.35. The number of aromatic amines is 2. The van der Waals surface area contributed by atoms with E-state index in [2.05, 4.69) is 25.4 Å². The molecule has 0 saturated heterocycles. The Labute approximate surface area is 176 Å². The van der Waals surface area contributed by atoms with Crippen LogP contribution in [0.1, 0.15) is 24.8 Å². The number of ether oxygens (including phenoxy) is 1. The van der Waals surface area contributed by atoms with Crippen LogP contribution >= 0.6 is 0 Å². The number of nitrogens with zero attached hydrogens (tertiary/aromatic N) is 3. The number of fused-ring (bicyclic) bond motifs is 1. The number of H-pyrrole nitrogens is 2. The largest absolute Gasteiger partial charge is 0.493 e. The minimum Gasteiger partial charge on any atom is -0.493 e. The number of carbonyl (C=O) groups is 1. The van der Waals surface area contributed by atoms with Crippen LogP contribution in [0.2, 0.25) is 0 Å². The zero-order valence-corrected chi connectivity index (χ0v) is 16.6. The summed E-state index contributed by atoms with van der Waals surface area (Å²) >= 11 is 0. The Morgan fingerprint density at radius 3 is 2.81 bits per heavy atom. The first-order chi connectivity index (χ1) is 15.0. The Kier molecular flexibility index (Phi) is 4.50. The number of carboxylic acid groups (broad SMARTS) is 1. The van der Waals surface area contributed by atoms with Crippen molar-refractivity contribution < 1.29 is 14.6 Å². The minimum absolute atomic E-state index is 0.0616. The highest BCUT2D eigenvalue weighted by molar-refractivity contribution is 5.78. The van der Waals surface area contributed by atoms with Crippen molar-refractivity contribution in [3.63, 3.8) is 0 Å². The number of aromatic nitrogens is 5. The lowest BCUT2D eigenvalue weighted by atomic mass is 9.99. The van der Waals surface area contributed by atoms with Crippen molar-refractivity contribution >= 4 is 17.1 Å². The van der Waals surface area contributed by atoms with Gasteiger partial charge in [0.1, 0.15) is 11.6 Å². The molecular formula is C22H19N5O4. The lowest BCUT2D eigenvalue weighted by Crippen LogP contribution is -2.10. The number of hydrogen-bond donors (Lipinski definition) is 3. The van der Waals surface area contributed by atoms with Crippen LogP contribution in [-0.2, 0) is 4.79 Å². The Morgan fingerprint density at radius 2 is 2.03 bits per heavy atom. The van der Waals surface area contributed by atoms with E-state index >= 15 is 0 Å². The first-order valence-electron chi connectivity index (χ1n) is 9.96. The molecule has 2 aromatic carbocycles. The summed E-state index contributed by atoms with van der Waals surface area (Å²) in [4.78, 5) is 30.6. The molecule has 5 rings (SSSR count). The summed E-state index contributed by atoms with van der Waals surface area (Å²) in [6, 6.07) is 13.6. The Hall–Kier alpha value is -4.01. The van der Waals surface area contributed by atoms with Crippen LogP contribution in [0.3, 0.4) is 0 Å². The third kappa shape index (κ3) is 3.43. The molecule has 2 atom stereocenters. The molecule has 0 radical (unpaired) electrons. The van der Waals surface area contributed by atoms with Crippen LogP contribution in [0.25, 0.3) is 33.7 Å². The van der Waals surface area contributed by atoms with Crippen molar-refractivity contribution in [3.05, 3.63) is 58.4 Å². The quantitative estimate of drug-likeness (QED) is 0.439. The smallest absolute Gasteiger partial charge is 0.307 e. The summed E-state index contributed by atoms with van der Waals surface area (Å²) in [5.41, 5.74) is 3.54. The van der Waals surface area contributed by atoms with E-state index in [0.717, 1.165) is 16.7 Å². The van der Waals surface area contributed by atoms with E-state index in [1.165, 1.54) is 0 Å². The maximum Gasteiger partial charge on any atom is 0.307 e. The topological polar surface area (TPSA) is 134 Å². The predicted molar refractivity (Wildman–Crippen MR) is 113 cm³/mol. The van der Waals surface area contributed by atoms with Gasteiger partial charge in [0.05, 0.1) is 18.1 Å². The summed E-state index contributed by atoms with van der Waals surface area (Å²) in [5.74, 6) is -0.0647. The van der Waals surface area contributed by atoms with Gasteiger partial charge in [-0.3, -0.25) is 9.59 Å². The molecule has 0 bridgehead atoms. The van der Waals surface area contributed by atoms with E-state index in [1.54, 1.807) is 0 Å². The van der Waals surface area contributed by atoms with Gasteiger partial charge in [-0.15, -0.1) is 10.2 Å². The second-order valence-corrected chi connectivity index (χ2v) is 7.47. The van der Waals surface area contributed by atoms with Gasteiger partial charge >= 0.3 is 5.97 Å². The van der Waals surface area contributed by atoms with Gasteiger partial charge in [-0.2, -0.15) is 5.21 Å². The lowest BCUT2D eigenvalue weighted by molar-refractivity contribution is -0.138. The van der Waals surface area contributed by atoms with Gasteiger partial charge < -0.3 is 14.8 Å². The normalized spacial score (nSPS) is 17.6. The Balaban J connectivity index is 1.54. The molecule has 156 valence electrons. The van der Waals surface area contributed by atoms with Gasteiger partial charge in [0.2, 0.25) is 5.65 Å². The maximum atomic E-state index is 12.3. The van der Waals surface area contributed by atoms with E-state index in [1.807, 2.05) is 49.4 Å². The Bertz CT molecular complexity index is 1360. The molecule has 31 heavy (non-hydrogen) atoms. The molecule has 9 heteroatoms. The minimum atomic E-state index is -0.746. The highest BCUT2D eigenvalue weighted by Crippen LogP contribution is 2.48. The zero-order chi connectivity index (χ0) is 21.5. The van der Waals surface area contributed by atoms with Crippen LogP contribution in [0.5, 0.6) is 5.75 Å². The molecule has 9 nitrogen and oxygen atoms in total. The summed E-state index contributed by atoms with van der Waals surface area (Å²) < 4.78 is 5.84. The first-order valence-corrected chi connectivity index (χ1v) is 9.96. The molecule has 2 aromatic heterocycles. The molecule has 0 spiro atoms. The third-order valence-corrected chi connectivity index (χ3v) is 5.49. The number of nitrogens with one attached hydrogen (secondary N) is 2. The molecule has 1 aliphatic rings. The fourth-order valence-electron chi connectivity index (χ4n) is 3.84.